The van der Waals surface area contributed by atoms with Crippen molar-refractivity contribution in [3.05, 3.63) is 59.4 Å². The fourth-order valence-corrected chi connectivity index (χ4v) is 1.75. The first-order valence-corrected chi connectivity index (χ1v) is 5.92. The summed E-state index contributed by atoms with van der Waals surface area (Å²) < 4.78 is 13.4. The highest BCUT2D eigenvalue weighted by molar-refractivity contribution is 5.20. The molecule has 0 fully saturated rings. The molecule has 0 amide bonds. The van der Waals surface area contributed by atoms with Crippen LogP contribution < -0.4 is 0 Å². The standard InChI is InChI=1S/C14H15FN2O/c1-2-10-3-4-11(17-8-10)7-14(18)12-5-6-16-9-13(12)15/h3-6,8-9,14,18H,2,7H2,1H3. The molecule has 2 heterocycles. The van der Waals surface area contributed by atoms with Gasteiger partial charge in [0.2, 0.25) is 0 Å². The molecule has 0 aromatic carbocycles. The van der Waals surface area contributed by atoms with Crippen molar-refractivity contribution in [1.29, 1.82) is 0 Å². The summed E-state index contributed by atoms with van der Waals surface area (Å²) in [5, 5.41) is 9.97. The molecule has 2 rings (SSSR count). The zero-order valence-corrected chi connectivity index (χ0v) is 10.2. The van der Waals surface area contributed by atoms with E-state index in [-0.39, 0.29) is 5.56 Å². The number of aliphatic hydroxyl groups is 1. The van der Waals surface area contributed by atoms with Gasteiger partial charge in [-0.15, -0.1) is 0 Å². The summed E-state index contributed by atoms with van der Waals surface area (Å²) in [7, 11) is 0. The van der Waals surface area contributed by atoms with Crippen LogP contribution in [0.1, 0.15) is 29.8 Å². The highest BCUT2D eigenvalue weighted by atomic mass is 19.1. The number of hydrogen-bond acceptors (Lipinski definition) is 3. The number of pyridine rings is 2. The Bertz CT molecular complexity index is 513. The lowest BCUT2D eigenvalue weighted by atomic mass is 10.0. The quantitative estimate of drug-likeness (QED) is 0.901. The Morgan fingerprint density at radius 3 is 2.72 bits per heavy atom. The van der Waals surface area contributed by atoms with Crippen LogP contribution in [0.3, 0.4) is 0 Å². The van der Waals surface area contributed by atoms with E-state index in [1.165, 1.54) is 12.3 Å². The van der Waals surface area contributed by atoms with Gasteiger partial charge < -0.3 is 5.11 Å². The Morgan fingerprint density at radius 1 is 1.28 bits per heavy atom. The summed E-state index contributed by atoms with van der Waals surface area (Å²) in [5.41, 5.74) is 2.14. The number of nitrogens with zero attached hydrogens (tertiary/aromatic N) is 2. The second-order valence-corrected chi connectivity index (χ2v) is 4.13. The highest BCUT2D eigenvalue weighted by Crippen LogP contribution is 2.19. The molecule has 0 bridgehead atoms. The lowest BCUT2D eigenvalue weighted by molar-refractivity contribution is 0.172. The van der Waals surface area contributed by atoms with Gasteiger partial charge in [-0.25, -0.2) is 4.39 Å². The van der Waals surface area contributed by atoms with E-state index in [1.54, 1.807) is 6.20 Å². The zero-order valence-electron chi connectivity index (χ0n) is 10.2. The Hall–Kier alpha value is -1.81. The fourth-order valence-electron chi connectivity index (χ4n) is 1.75. The molecule has 2 aromatic rings. The summed E-state index contributed by atoms with van der Waals surface area (Å²) in [6.45, 7) is 2.05. The third-order valence-corrected chi connectivity index (χ3v) is 2.86. The van der Waals surface area contributed by atoms with Crippen LogP contribution in [-0.4, -0.2) is 15.1 Å². The number of halogens is 1. The van der Waals surface area contributed by atoms with Crippen LogP contribution in [0.4, 0.5) is 4.39 Å². The van der Waals surface area contributed by atoms with Crippen LogP contribution in [0.2, 0.25) is 0 Å². The first-order chi connectivity index (χ1) is 8.70. The van der Waals surface area contributed by atoms with Gasteiger partial charge in [-0.2, -0.15) is 0 Å². The third-order valence-electron chi connectivity index (χ3n) is 2.86. The normalized spacial score (nSPS) is 12.4. The van der Waals surface area contributed by atoms with Crippen LogP contribution in [0, 0.1) is 5.82 Å². The van der Waals surface area contributed by atoms with E-state index >= 15 is 0 Å². The molecule has 0 spiro atoms. The summed E-state index contributed by atoms with van der Waals surface area (Å²) in [5.74, 6) is -0.491. The maximum atomic E-state index is 13.4. The monoisotopic (exact) mass is 246 g/mol. The minimum atomic E-state index is -0.895. The number of rotatable bonds is 4. The van der Waals surface area contributed by atoms with Crippen molar-refractivity contribution in [3.8, 4) is 0 Å². The van der Waals surface area contributed by atoms with Gasteiger partial charge in [-0.3, -0.25) is 9.97 Å². The second kappa shape index (κ2) is 5.69. The molecule has 1 unspecified atom stereocenters. The molecule has 18 heavy (non-hydrogen) atoms. The van der Waals surface area contributed by atoms with Crippen LogP contribution >= 0.6 is 0 Å². The third kappa shape index (κ3) is 2.90. The molecule has 0 saturated heterocycles. The largest absolute Gasteiger partial charge is 0.388 e. The maximum Gasteiger partial charge on any atom is 0.147 e. The predicted molar refractivity (Wildman–Crippen MR) is 66.5 cm³/mol. The number of aromatic nitrogens is 2. The molecule has 1 N–H and O–H groups in total. The van der Waals surface area contributed by atoms with E-state index in [1.807, 2.05) is 12.1 Å². The van der Waals surface area contributed by atoms with Gasteiger partial charge in [0.05, 0.1) is 12.3 Å². The van der Waals surface area contributed by atoms with Crippen molar-refractivity contribution in [3.63, 3.8) is 0 Å². The molecule has 0 aliphatic heterocycles. The Labute approximate surface area is 105 Å². The van der Waals surface area contributed by atoms with Gasteiger partial charge in [0.15, 0.2) is 0 Å². The molecule has 0 radical (unpaired) electrons. The van der Waals surface area contributed by atoms with Gasteiger partial charge in [-0.1, -0.05) is 13.0 Å². The lowest BCUT2D eigenvalue weighted by Crippen LogP contribution is -2.06. The SMILES string of the molecule is CCc1ccc(CC(O)c2ccncc2F)nc1. The summed E-state index contributed by atoms with van der Waals surface area (Å²) in [6.07, 6.45) is 4.68. The molecule has 0 aliphatic carbocycles. The topological polar surface area (TPSA) is 46.0 Å². The summed E-state index contributed by atoms with van der Waals surface area (Å²) >= 11 is 0. The molecule has 2 aromatic heterocycles. The van der Waals surface area contributed by atoms with E-state index in [0.717, 1.165) is 23.9 Å². The van der Waals surface area contributed by atoms with E-state index < -0.39 is 11.9 Å². The minimum absolute atomic E-state index is 0.256. The molecule has 0 saturated carbocycles. The summed E-state index contributed by atoms with van der Waals surface area (Å²) in [4.78, 5) is 7.90. The van der Waals surface area contributed by atoms with Crippen LogP contribution in [0.15, 0.2) is 36.8 Å². The second-order valence-electron chi connectivity index (χ2n) is 4.13. The first kappa shape index (κ1) is 12.6. The van der Waals surface area contributed by atoms with Crippen molar-refractivity contribution >= 4 is 0 Å². The van der Waals surface area contributed by atoms with Gasteiger partial charge >= 0.3 is 0 Å². The van der Waals surface area contributed by atoms with Gasteiger partial charge in [0.1, 0.15) is 5.82 Å². The average molecular weight is 246 g/mol. The average Bonchev–Trinajstić information content (AvgIpc) is 2.40. The van der Waals surface area contributed by atoms with Crippen molar-refractivity contribution in [2.75, 3.05) is 0 Å². The molecule has 0 aliphatic rings. The van der Waals surface area contributed by atoms with Crippen LogP contribution in [0.25, 0.3) is 0 Å². The van der Waals surface area contributed by atoms with Crippen molar-refractivity contribution < 1.29 is 9.50 Å². The number of aliphatic hydroxyl groups excluding tert-OH is 1. The van der Waals surface area contributed by atoms with Crippen LogP contribution in [-0.2, 0) is 12.8 Å². The molecular formula is C14H15FN2O. The predicted octanol–water partition coefficient (Wildman–Crippen LogP) is 2.45. The number of aryl methyl sites for hydroxylation is 1. The van der Waals surface area contributed by atoms with E-state index in [2.05, 4.69) is 16.9 Å². The molecule has 3 nitrogen and oxygen atoms in total. The molecule has 4 heteroatoms. The van der Waals surface area contributed by atoms with Gasteiger partial charge in [0.25, 0.3) is 0 Å². The maximum absolute atomic E-state index is 13.4. The first-order valence-electron chi connectivity index (χ1n) is 5.92. The van der Waals surface area contributed by atoms with E-state index in [4.69, 9.17) is 0 Å². The fraction of sp³-hybridized carbons (Fsp3) is 0.286. The lowest BCUT2D eigenvalue weighted by Gasteiger charge is -2.11. The zero-order chi connectivity index (χ0) is 13.0. The molecular weight excluding hydrogens is 231 g/mol. The van der Waals surface area contributed by atoms with Crippen molar-refractivity contribution in [1.82, 2.24) is 9.97 Å². The Morgan fingerprint density at radius 2 is 2.11 bits per heavy atom. The molecule has 94 valence electrons. The van der Waals surface area contributed by atoms with E-state index in [9.17, 15) is 9.50 Å². The number of hydrogen-bond donors (Lipinski definition) is 1. The van der Waals surface area contributed by atoms with Crippen LogP contribution in [0.5, 0.6) is 0 Å². The van der Waals surface area contributed by atoms with Crippen molar-refractivity contribution in [2.24, 2.45) is 0 Å². The van der Waals surface area contributed by atoms with Gasteiger partial charge in [-0.05, 0) is 24.1 Å². The minimum Gasteiger partial charge on any atom is -0.388 e. The molecule has 1 atom stereocenters. The van der Waals surface area contributed by atoms with Gasteiger partial charge in [0, 0.05) is 30.1 Å². The highest BCUT2D eigenvalue weighted by Gasteiger charge is 2.13. The Balaban J connectivity index is 2.11. The Kier molecular flexibility index (Phi) is 3.99. The van der Waals surface area contributed by atoms with E-state index in [0.29, 0.717) is 6.42 Å². The summed E-state index contributed by atoms with van der Waals surface area (Å²) in [6, 6.07) is 5.32. The smallest absolute Gasteiger partial charge is 0.147 e. The van der Waals surface area contributed by atoms with Crippen molar-refractivity contribution in [2.45, 2.75) is 25.9 Å².